The Bertz CT molecular complexity index is 715. The molecule has 0 radical (unpaired) electrons. The van der Waals surface area contributed by atoms with Crippen molar-refractivity contribution in [2.75, 3.05) is 13.1 Å². The third kappa shape index (κ3) is 3.34. The minimum absolute atomic E-state index is 0.240. The molecule has 0 saturated heterocycles. The Morgan fingerprint density at radius 3 is 2.87 bits per heavy atom. The van der Waals surface area contributed by atoms with Crippen LogP contribution in [0, 0.1) is 5.82 Å². The van der Waals surface area contributed by atoms with Crippen LogP contribution in [0.25, 0.3) is 0 Å². The lowest BCUT2D eigenvalue weighted by Crippen LogP contribution is -2.16. The molecule has 1 aromatic heterocycles. The first-order chi connectivity index (χ1) is 11.3. The molecule has 4 nitrogen and oxygen atoms in total. The molecule has 1 fully saturated rings. The van der Waals surface area contributed by atoms with Crippen molar-refractivity contribution >= 4 is 0 Å². The molecule has 5 heteroatoms. The fraction of sp³-hybridized carbons (Fsp3) is 0.444. The van der Waals surface area contributed by atoms with Crippen LogP contribution in [0.2, 0.25) is 0 Å². The lowest BCUT2D eigenvalue weighted by atomic mass is 10.1. The summed E-state index contributed by atoms with van der Waals surface area (Å²) < 4.78 is 19.3. The van der Waals surface area contributed by atoms with Gasteiger partial charge in [0.1, 0.15) is 18.2 Å². The summed E-state index contributed by atoms with van der Waals surface area (Å²) >= 11 is 0. The van der Waals surface area contributed by atoms with Gasteiger partial charge in [0.25, 0.3) is 0 Å². The average molecular weight is 313 g/mol. The van der Waals surface area contributed by atoms with E-state index in [0.717, 1.165) is 48.6 Å². The van der Waals surface area contributed by atoms with Gasteiger partial charge in [0, 0.05) is 24.4 Å². The van der Waals surface area contributed by atoms with Crippen molar-refractivity contribution < 1.29 is 9.13 Å². The van der Waals surface area contributed by atoms with Gasteiger partial charge in [0.15, 0.2) is 0 Å². The second-order valence-electron chi connectivity index (χ2n) is 6.26. The highest BCUT2D eigenvalue weighted by Crippen LogP contribution is 2.39. The zero-order valence-corrected chi connectivity index (χ0v) is 13.0. The van der Waals surface area contributed by atoms with Crippen molar-refractivity contribution in [3.63, 3.8) is 0 Å². The SMILES string of the molecule is Fc1cccc(COc2nc(C3CC3)nc3c2CCNCC3)c1. The number of fused-ring (bicyclic) bond motifs is 1. The first-order valence-corrected chi connectivity index (χ1v) is 8.27. The molecule has 0 amide bonds. The summed E-state index contributed by atoms with van der Waals surface area (Å²) in [5.41, 5.74) is 3.04. The fourth-order valence-corrected chi connectivity index (χ4v) is 2.95. The van der Waals surface area contributed by atoms with Crippen LogP contribution in [0.3, 0.4) is 0 Å². The van der Waals surface area contributed by atoms with E-state index in [0.29, 0.717) is 18.4 Å². The molecule has 0 spiro atoms. The van der Waals surface area contributed by atoms with Gasteiger partial charge in [0.2, 0.25) is 5.88 Å². The quantitative estimate of drug-likeness (QED) is 0.943. The number of hydrogen-bond acceptors (Lipinski definition) is 4. The third-order valence-corrected chi connectivity index (χ3v) is 4.37. The highest BCUT2D eigenvalue weighted by Gasteiger charge is 2.29. The molecule has 1 aliphatic carbocycles. The number of benzene rings is 1. The average Bonchev–Trinajstić information content (AvgIpc) is 3.38. The minimum atomic E-state index is -0.240. The van der Waals surface area contributed by atoms with Crippen LogP contribution in [0.5, 0.6) is 5.88 Å². The minimum Gasteiger partial charge on any atom is -0.473 e. The maximum atomic E-state index is 13.3. The first kappa shape index (κ1) is 14.6. The Kier molecular flexibility index (Phi) is 3.95. The molecule has 0 atom stereocenters. The number of nitrogens with one attached hydrogen (secondary N) is 1. The Balaban J connectivity index is 1.61. The molecule has 1 N–H and O–H groups in total. The first-order valence-electron chi connectivity index (χ1n) is 8.27. The van der Waals surface area contributed by atoms with Gasteiger partial charge in [-0.15, -0.1) is 0 Å². The molecule has 0 bridgehead atoms. The Morgan fingerprint density at radius 2 is 2.04 bits per heavy atom. The van der Waals surface area contributed by atoms with E-state index in [1.54, 1.807) is 6.07 Å². The molecule has 2 heterocycles. The smallest absolute Gasteiger partial charge is 0.220 e. The number of rotatable bonds is 4. The van der Waals surface area contributed by atoms with Gasteiger partial charge in [-0.25, -0.2) is 9.37 Å². The zero-order valence-electron chi connectivity index (χ0n) is 13.0. The van der Waals surface area contributed by atoms with E-state index in [1.165, 1.54) is 25.0 Å². The second kappa shape index (κ2) is 6.24. The number of halogens is 1. The zero-order chi connectivity index (χ0) is 15.6. The molecular formula is C18H20FN3O. The van der Waals surface area contributed by atoms with Crippen LogP contribution in [-0.4, -0.2) is 23.1 Å². The normalized spacial score (nSPS) is 17.4. The van der Waals surface area contributed by atoms with Gasteiger partial charge in [-0.1, -0.05) is 12.1 Å². The van der Waals surface area contributed by atoms with Gasteiger partial charge in [-0.05, 0) is 43.5 Å². The summed E-state index contributed by atoms with van der Waals surface area (Å²) in [7, 11) is 0. The summed E-state index contributed by atoms with van der Waals surface area (Å²) in [6, 6.07) is 6.51. The largest absolute Gasteiger partial charge is 0.473 e. The highest BCUT2D eigenvalue weighted by atomic mass is 19.1. The van der Waals surface area contributed by atoms with E-state index < -0.39 is 0 Å². The molecule has 1 aromatic carbocycles. The Labute approximate surface area is 135 Å². The van der Waals surface area contributed by atoms with E-state index in [1.807, 2.05) is 6.07 Å². The van der Waals surface area contributed by atoms with Gasteiger partial charge in [0.05, 0.1) is 5.69 Å². The predicted octanol–water partition coefficient (Wildman–Crippen LogP) is 2.76. The van der Waals surface area contributed by atoms with Crippen LogP contribution in [-0.2, 0) is 19.4 Å². The number of nitrogens with zero attached hydrogens (tertiary/aromatic N) is 2. The van der Waals surface area contributed by atoms with E-state index in [4.69, 9.17) is 9.72 Å². The molecule has 1 aliphatic heterocycles. The van der Waals surface area contributed by atoms with Crippen molar-refractivity contribution in [2.45, 2.75) is 38.2 Å². The van der Waals surface area contributed by atoms with Crippen LogP contribution in [0.15, 0.2) is 24.3 Å². The van der Waals surface area contributed by atoms with Gasteiger partial charge in [-0.2, -0.15) is 4.98 Å². The number of aromatic nitrogens is 2. The maximum Gasteiger partial charge on any atom is 0.220 e. The summed E-state index contributed by atoms with van der Waals surface area (Å²) in [5, 5.41) is 3.39. The van der Waals surface area contributed by atoms with E-state index in [2.05, 4.69) is 10.3 Å². The molecular weight excluding hydrogens is 293 g/mol. The molecule has 1 saturated carbocycles. The summed E-state index contributed by atoms with van der Waals surface area (Å²) in [4.78, 5) is 9.45. The standard InChI is InChI=1S/C18H20FN3O/c19-14-3-1-2-12(10-14)11-23-18-15-6-8-20-9-7-16(15)21-17(22-18)13-4-5-13/h1-3,10,13,20H,4-9,11H2. The highest BCUT2D eigenvalue weighted by molar-refractivity contribution is 5.34. The number of hydrogen-bond donors (Lipinski definition) is 1. The van der Waals surface area contributed by atoms with Gasteiger partial charge < -0.3 is 10.1 Å². The van der Waals surface area contributed by atoms with Crippen molar-refractivity contribution in [1.29, 1.82) is 0 Å². The van der Waals surface area contributed by atoms with E-state index >= 15 is 0 Å². The lowest BCUT2D eigenvalue weighted by molar-refractivity contribution is 0.287. The monoisotopic (exact) mass is 313 g/mol. The summed E-state index contributed by atoms with van der Waals surface area (Å²) in [5.74, 6) is 1.85. The topological polar surface area (TPSA) is 47.0 Å². The van der Waals surface area contributed by atoms with Crippen LogP contribution < -0.4 is 10.1 Å². The molecule has 23 heavy (non-hydrogen) atoms. The van der Waals surface area contributed by atoms with Crippen LogP contribution in [0.1, 0.15) is 41.4 Å². The molecule has 2 aliphatic rings. The van der Waals surface area contributed by atoms with E-state index in [9.17, 15) is 4.39 Å². The van der Waals surface area contributed by atoms with Crippen LogP contribution in [0.4, 0.5) is 4.39 Å². The van der Waals surface area contributed by atoms with Gasteiger partial charge in [-0.3, -0.25) is 0 Å². The number of ether oxygens (including phenoxy) is 1. The third-order valence-electron chi connectivity index (χ3n) is 4.37. The Morgan fingerprint density at radius 1 is 1.17 bits per heavy atom. The van der Waals surface area contributed by atoms with E-state index in [-0.39, 0.29) is 5.82 Å². The lowest BCUT2D eigenvalue weighted by Gasteiger charge is -2.14. The summed E-state index contributed by atoms with van der Waals surface area (Å²) in [6.07, 6.45) is 4.12. The molecule has 4 rings (SSSR count). The Hall–Kier alpha value is -2.01. The molecule has 120 valence electrons. The predicted molar refractivity (Wildman–Crippen MR) is 85.0 cm³/mol. The molecule has 0 unspecified atom stereocenters. The van der Waals surface area contributed by atoms with Gasteiger partial charge >= 0.3 is 0 Å². The fourth-order valence-electron chi connectivity index (χ4n) is 2.95. The van der Waals surface area contributed by atoms with Crippen molar-refractivity contribution in [1.82, 2.24) is 15.3 Å². The second-order valence-corrected chi connectivity index (χ2v) is 6.26. The maximum absolute atomic E-state index is 13.3. The van der Waals surface area contributed by atoms with Crippen LogP contribution >= 0.6 is 0 Å². The van der Waals surface area contributed by atoms with Crippen molar-refractivity contribution in [3.05, 3.63) is 52.7 Å². The van der Waals surface area contributed by atoms with Crippen molar-refractivity contribution in [2.24, 2.45) is 0 Å². The molecule has 2 aromatic rings. The van der Waals surface area contributed by atoms with Crippen molar-refractivity contribution in [3.8, 4) is 5.88 Å². The summed E-state index contributed by atoms with van der Waals surface area (Å²) in [6.45, 7) is 2.19.